The molecule has 1 aliphatic rings. The van der Waals surface area contributed by atoms with E-state index in [4.69, 9.17) is 0 Å². The van der Waals surface area contributed by atoms with Crippen molar-refractivity contribution in [2.75, 3.05) is 0 Å². The van der Waals surface area contributed by atoms with Crippen molar-refractivity contribution in [2.45, 2.75) is 44.6 Å². The smallest absolute Gasteiger partial charge is 0.139 e. The van der Waals surface area contributed by atoms with Crippen molar-refractivity contribution in [3.05, 3.63) is 35.9 Å². The fourth-order valence-corrected chi connectivity index (χ4v) is 2.64. The highest BCUT2D eigenvalue weighted by molar-refractivity contribution is 5.89. The van der Waals surface area contributed by atoms with Gasteiger partial charge in [-0.3, -0.25) is 4.79 Å². The Bertz CT molecular complexity index is 372. The number of carbonyl (C=O) groups is 1. The molecule has 0 spiro atoms. The van der Waals surface area contributed by atoms with Gasteiger partial charge in [0.05, 0.1) is 12.0 Å². The molecule has 1 aliphatic carbocycles. The largest absolute Gasteiger partial charge is 0.392 e. The highest BCUT2D eigenvalue weighted by Crippen LogP contribution is 2.42. The van der Waals surface area contributed by atoms with Crippen LogP contribution in [0.5, 0.6) is 0 Å². The second-order valence-electron chi connectivity index (χ2n) is 4.92. The Morgan fingerprint density at radius 2 is 2.06 bits per heavy atom. The summed E-state index contributed by atoms with van der Waals surface area (Å²) in [5.74, 6) is 0.293. The molecule has 0 heterocycles. The fourth-order valence-electron chi connectivity index (χ4n) is 2.64. The van der Waals surface area contributed by atoms with Crippen molar-refractivity contribution in [1.82, 2.24) is 0 Å². The molecule has 92 valence electrons. The van der Waals surface area contributed by atoms with E-state index in [-0.39, 0.29) is 17.6 Å². The molecule has 1 aromatic carbocycles. The lowest BCUT2D eigenvalue weighted by Gasteiger charge is -2.38. The van der Waals surface area contributed by atoms with E-state index in [1.54, 1.807) is 0 Å². The molecular weight excluding hydrogens is 212 g/mol. The Hall–Kier alpha value is -1.15. The van der Waals surface area contributed by atoms with Crippen molar-refractivity contribution < 1.29 is 9.90 Å². The number of aliphatic hydroxyl groups is 1. The second-order valence-corrected chi connectivity index (χ2v) is 4.92. The monoisotopic (exact) mass is 232 g/mol. The molecule has 1 fully saturated rings. The van der Waals surface area contributed by atoms with E-state index in [1.807, 2.05) is 18.2 Å². The molecule has 1 aromatic rings. The van der Waals surface area contributed by atoms with E-state index in [9.17, 15) is 9.90 Å². The molecule has 17 heavy (non-hydrogen) atoms. The van der Waals surface area contributed by atoms with Gasteiger partial charge in [0, 0.05) is 12.3 Å². The van der Waals surface area contributed by atoms with Gasteiger partial charge in [0.2, 0.25) is 0 Å². The number of benzene rings is 1. The van der Waals surface area contributed by atoms with Gasteiger partial charge in [0.25, 0.3) is 0 Å². The summed E-state index contributed by atoms with van der Waals surface area (Å²) in [4.78, 5) is 11.7. The average molecular weight is 232 g/mol. The molecule has 0 aromatic heterocycles. The molecule has 2 nitrogen and oxygen atoms in total. The first kappa shape index (κ1) is 12.3. The summed E-state index contributed by atoms with van der Waals surface area (Å²) in [6.45, 7) is 2.10. The van der Waals surface area contributed by atoms with Crippen LogP contribution in [0, 0.1) is 5.92 Å². The summed E-state index contributed by atoms with van der Waals surface area (Å²) in [7, 11) is 0. The molecule has 1 N–H and O–H groups in total. The van der Waals surface area contributed by atoms with Crippen molar-refractivity contribution >= 4 is 5.78 Å². The van der Waals surface area contributed by atoms with E-state index in [2.05, 4.69) is 19.1 Å². The first-order chi connectivity index (χ1) is 8.24. The van der Waals surface area contributed by atoms with E-state index in [1.165, 1.54) is 5.56 Å². The number of rotatable bonds is 5. The predicted molar refractivity (Wildman–Crippen MR) is 67.8 cm³/mol. The van der Waals surface area contributed by atoms with Gasteiger partial charge >= 0.3 is 0 Å². The molecule has 0 bridgehead atoms. The van der Waals surface area contributed by atoms with Gasteiger partial charge in [-0.2, -0.15) is 0 Å². The standard InChI is InChI=1S/C15H20O2/c1-2-3-9-13(16)15-12(10-14(15)17)11-7-5-4-6-8-11/h4-8,12-13,15-16H,2-3,9-10H2,1H3/t12-,13?,15?/m0/s1. The lowest BCUT2D eigenvalue weighted by molar-refractivity contribution is -0.136. The van der Waals surface area contributed by atoms with Crippen LogP contribution in [0.2, 0.25) is 0 Å². The Balaban J connectivity index is 2.03. The van der Waals surface area contributed by atoms with Crippen LogP contribution in [0.3, 0.4) is 0 Å². The molecule has 2 unspecified atom stereocenters. The third-order valence-corrected chi connectivity index (χ3v) is 3.72. The van der Waals surface area contributed by atoms with Crippen LogP contribution in [0.15, 0.2) is 30.3 Å². The zero-order chi connectivity index (χ0) is 12.3. The van der Waals surface area contributed by atoms with Crippen LogP contribution in [-0.4, -0.2) is 17.0 Å². The SMILES string of the molecule is CCCCC(O)C1C(=O)C[C@H]1c1ccccc1. The van der Waals surface area contributed by atoms with E-state index < -0.39 is 6.10 Å². The highest BCUT2D eigenvalue weighted by Gasteiger charge is 2.44. The van der Waals surface area contributed by atoms with Crippen LogP contribution in [0.1, 0.15) is 44.1 Å². The topological polar surface area (TPSA) is 37.3 Å². The van der Waals surface area contributed by atoms with E-state index in [0.29, 0.717) is 6.42 Å². The minimum Gasteiger partial charge on any atom is -0.392 e. The van der Waals surface area contributed by atoms with E-state index >= 15 is 0 Å². The van der Waals surface area contributed by atoms with Crippen LogP contribution in [0.25, 0.3) is 0 Å². The Morgan fingerprint density at radius 3 is 2.65 bits per heavy atom. The Labute approximate surface area is 103 Å². The average Bonchev–Trinajstić information content (AvgIpc) is 2.34. The molecule has 0 aliphatic heterocycles. The van der Waals surface area contributed by atoms with Gasteiger partial charge in [0.1, 0.15) is 5.78 Å². The number of unbranched alkanes of at least 4 members (excludes halogenated alkanes) is 1. The molecule has 0 amide bonds. The first-order valence-electron chi connectivity index (χ1n) is 6.49. The van der Waals surface area contributed by atoms with Crippen molar-refractivity contribution in [1.29, 1.82) is 0 Å². The molecule has 2 heteroatoms. The first-order valence-corrected chi connectivity index (χ1v) is 6.49. The Kier molecular flexibility index (Phi) is 3.95. The minimum absolute atomic E-state index is 0.163. The van der Waals surface area contributed by atoms with Gasteiger partial charge in [-0.25, -0.2) is 0 Å². The van der Waals surface area contributed by atoms with Crippen LogP contribution in [0.4, 0.5) is 0 Å². The lowest BCUT2D eigenvalue weighted by Crippen LogP contribution is -2.43. The van der Waals surface area contributed by atoms with Gasteiger partial charge < -0.3 is 5.11 Å². The maximum absolute atomic E-state index is 11.7. The molecule has 0 radical (unpaired) electrons. The predicted octanol–water partition coefficient (Wildman–Crippen LogP) is 2.91. The van der Waals surface area contributed by atoms with Crippen LogP contribution >= 0.6 is 0 Å². The summed E-state index contributed by atoms with van der Waals surface area (Å²) in [6.07, 6.45) is 2.94. The fraction of sp³-hybridized carbons (Fsp3) is 0.533. The quantitative estimate of drug-likeness (QED) is 0.847. The Morgan fingerprint density at radius 1 is 1.35 bits per heavy atom. The maximum atomic E-state index is 11.7. The van der Waals surface area contributed by atoms with Crippen molar-refractivity contribution in [3.63, 3.8) is 0 Å². The van der Waals surface area contributed by atoms with Crippen LogP contribution in [-0.2, 0) is 4.79 Å². The molecule has 0 saturated heterocycles. The normalized spacial score (nSPS) is 25.4. The number of hydrogen-bond acceptors (Lipinski definition) is 2. The number of Topliss-reactive ketones (excluding diaryl/α,β-unsaturated/α-hetero) is 1. The second kappa shape index (κ2) is 5.46. The van der Waals surface area contributed by atoms with Gasteiger partial charge in [-0.15, -0.1) is 0 Å². The number of ketones is 1. The van der Waals surface area contributed by atoms with Crippen molar-refractivity contribution in [2.24, 2.45) is 5.92 Å². The van der Waals surface area contributed by atoms with Gasteiger partial charge in [0.15, 0.2) is 0 Å². The summed E-state index contributed by atoms with van der Waals surface area (Å²) in [6, 6.07) is 10.1. The maximum Gasteiger partial charge on any atom is 0.139 e. The van der Waals surface area contributed by atoms with E-state index in [0.717, 1.165) is 19.3 Å². The molecular formula is C15H20O2. The number of carbonyl (C=O) groups excluding carboxylic acids is 1. The van der Waals surface area contributed by atoms with Crippen LogP contribution < -0.4 is 0 Å². The highest BCUT2D eigenvalue weighted by atomic mass is 16.3. The zero-order valence-electron chi connectivity index (χ0n) is 10.3. The van der Waals surface area contributed by atoms with Gasteiger partial charge in [-0.1, -0.05) is 50.1 Å². The molecule has 3 atom stereocenters. The van der Waals surface area contributed by atoms with Crippen molar-refractivity contribution in [3.8, 4) is 0 Å². The summed E-state index contributed by atoms with van der Waals surface area (Å²) in [5, 5.41) is 10.1. The molecule has 1 saturated carbocycles. The number of aliphatic hydroxyl groups excluding tert-OH is 1. The van der Waals surface area contributed by atoms with Gasteiger partial charge in [-0.05, 0) is 12.0 Å². The lowest BCUT2D eigenvalue weighted by atomic mass is 9.65. The third kappa shape index (κ3) is 2.58. The minimum atomic E-state index is -0.457. The number of hydrogen-bond donors (Lipinski definition) is 1. The summed E-state index contributed by atoms with van der Waals surface area (Å²) >= 11 is 0. The third-order valence-electron chi connectivity index (χ3n) is 3.72. The molecule has 2 rings (SSSR count). The summed E-state index contributed by atoms with van der Waals surface area (Å²) < 4.78 is 0. The zero-order valence-corrected chi connectivity index (χ0v) is 10.3. The summed E-state index contributed by atoms with van der Waals surface area (Å²) in [5.41, 5.74) is 1.19.